The van der Waals surface area contributed by atoms with Gasteiger partial charge in [0, 0.05) is 17.5 Å². The van der Waals surface area contributed by atoms with Gasteiger partial charge in [-0.1, -0.05) is 11.6 Å². The molecule has 1 N–H and O–H groups in total. The van der Waals surface area contributed by atoms with Crippen LogP contribution in [-0.4, -0.2) is 25.1 Å². The van der Waals surface area contributed by atoms with Crippen LogP contribution in [0.25, 0.3) is 0 Å². The van der Waals surface area contributed by atoms with E-state index in [9.17, 15) is 14.0 Å². The molecule has 1 aliphatic rings. The van der Waals surface area contributed by atoms with Crippen LogP contribution < -0.4 is 10.1 Å². The minimum absolute atomic E-state index is 0.0659. The Bertz CT molecular complexity index is 915. The molecule has 8 heteroatoms. The van der Waals surface area contributed by atoms with Gasteiger partial charge >= 0.3 is 0 Å². The minimum Gasteiger partial charge on any atom is -0.492 e. The normalized spacial score (nSPS) is 17.9. The van der Waals surface area contributed by atoms with Gasteiger partial charge in [-0.05, 0) is 38.1 Å². The molecule has 0 spiro atoms. The Morgan fingerprint density at radius 1 is 1.29 bits per heavy atom. The van der Waals surface area contributed by atoms with Crippen molar-refractivity contribution in [3.63, 3.8) is 0 Å². The lowest BCUT2D eigenvalue weighted by Gasteiger charge is -2.17. The van der Waals surface area contributed by atoms with Gasteiger partial charge in [-0.25, -0.2) is 8.78 Å². The molecular weight excluding hydrogens is 390 g/mol. The van der Waals surface area contributed by atoms with E-state index in [1.165, 1.54) is 12.1 Å². The summed E-state index contributed by atoms with van der Waals surface area (Å²) in [7, 11) is 0. The molecule has 1 aliphatic heterocycles. The van der Waals surface area contributed by atoms with Gasteiger partial charge in [0.15, 0.2) is 5.79 Å². The molecule has 2 aromatic rings. The second-order valence-corrected chi connectivity index (χ2v) is 7.21. The zero-order valence-electron chi connectivity index (χ0n) is 15.4. The van der Waals surface area contributed by atoms with Crippen molar-refractivity contribution in [2.45, 2.75) is 32.2 Å². The van der Waals surface area contributed by atoms with E-state index in [4.69, 9.17) is 25.8 Å². The third kappa shape index (κ3) is 4.90. The minimum atomic E-state index is -0.638. The summed E-state index contributed by atoms with van der Waals surface area (Å²) in [6, 6.07) is 8.22. The highest BCUT2D eigenvalue weighted by Gasteiger charge is 2.32. The summed E-state index contributed by atoms with van der Waals surface area (Å²) in [4.78, 5) is 0. The molecule has 0 saturated carbocycles. The molecule has 1 unspecified atom stereocenters. The van der Waals surface area contributed by atoms with Crippen LogP contribution in [0.1, 0.15) is 25.8 Å². The Labute approximate surface area is 166 Å². The van der Waals surface area contributed by atoms with E-state index >= 15 is 0 Å². The molecule has 1 heterocycles. The molecule has 28 heavy (non-hydrogen) atoms. The number of nitrogens with one attached hydrogen (secondary N) is 1. The van der Waals surface area contributed by atoms with Crippen LogP contribution in [0, 0.1) is 23.0 Å². The predicted octanol–water partition coefficient (Wildman–Crippen LogP) is 5.15. The van der Waals surface area contributed by atoms with Crippen LogP contribution >= 0.6 is 11.6 Å². The first-order valence-corrected chi connectivity index (χ1v) is 9.05. The first-order valence-electron chi connectivity index (χ1n) is 8.68. The summed E-state index contributed by atoms with van der Waals surface area (Å²) < 4.78 is 44.9. The molecule has 2 aromatic carbocycles. The van der Waals surface area contributed by atoms with Gasteiger partial charge in [0.1, 0.15) is 29.0 Å². The highest BCUT2D eigenvalue weighted by molar-refractivity contribution is 6.30. The van der Waals surface area contributed by atoms with Gasteiger partial charge in [0.2, 0.25) is 0 Å². The fourth-order valence-corrected chi connectivity index (χ4v) is 3.01. The molecule has 0 aromatic heterocycles. The lowest BCUT2D eigenvalue weighted by atomic mass is 10.1. The van der Waals surface area contributed by atoms with Gasteiger partial charge in [-0.2, -0.15) is 5.26 Å². The molecule has 3 rings (SSSR count). The van der Waals surface area contributed by atoms with Crippen LogP contribution in [0.3, 0.4) is 0 Å². The monoisotopic (exact) mass is 408 g/mol. The van der Waals surface area contributed by atoms with E-state index in [1.54, 1.807) is 0 Å². The number of ether oxygens (including phenoxy) is 3. The number of nitriles is 1. The van der Waals surface area contributed by atoms with E-state index in [2.05, 4.69) is 5.32 Å². The quantitative estimate of drug-likeness (QED) is 0.715. The van der Waals surface area contributed by atoms with Crippen LogP contribution in [0.5, 0.6) is 5.75 Å². The molecular formula is C20H19ClF2N2O3. The molecule has 1 atom stereocenters. The molecule has 1 saturated heterocycles. The number of rotatable bonds is 6. The van der Waals surface area contributed by atoms with Crippen LogP contribution in [0.15, 0.2) is 30.3 Å². The van der Waals surface area contributed by atoms with Gasteiger partial charge in [-0.15, -0.1) is 0 Å². The molecule has 0 bridgehead atoms. The Balaban J connectivity index is 1.74. The van der Waals surface area contributed by atoms with Crippen molar-refractivity contribution in [1.29, 1.82) is 5.26 Å². The SMILES string of the molecule is CC1(C)OCC(CCOc2cc(F)cc(Nc3ccc(Cl)cc3F)c2C#N)O1. The average molecular weight is 409 g/mol. The molecule has 5 nitrogen and oxygen atoms in total. The predicted molar refractivity (Wildman–Crippen MR) is 101 cm³/mol. The van der Waals surface area contributed by atoms with Crippen molar-refractivity contribution in [3.8, 4) is 11.8 Å². The first kappa shape index (κ1) is 20.3. The maximum absolute atomic E-state index is 14.1. The Kier molecular flexibility index (Phi) is 6.04. The average Bonchev–Trinajstić information content (AvgIpc) is 2.96. The van der Waals surface area contributed by atoms with Crippen molar-refractivity contribution in [3.05, 3.63) is 52.6 Å². The maximum atomic E-state index is 14.1. The van der Waals surface area contributed by atoms with Crippen LogP contribution in [0.2, 0.25) is 5.02 Å². The van der Waals surface area contributed by atoms with Gasteiger partial charge in [0.05, 0.1) is 30.7 Å². The summed E-state index contributed by atoms with van der Waals surface area (Å²) >= 11 is 5.74. The van der Waals surface area contributed by atoms with Crippen molar-refractivity contribution in [2.24, 2.45) is 0 Å². The number of hydrogen-bond acceptors (Lipinski definition) is 5. The topological polar surface area (TPSA) is 63.5 Å². The third-order valence-corrected chi connectivity index (χ3v) is 4.38. The Hall–Kier alpha value is -2.40. The number of benzene rings is 2. The smallest absolute Gasteiger partial charge is 0.163 e. The molecule has 1 fully saturated rings. The summed E-state index contributed by atoms with van der Waals surface area (Å²) in [5, 5.41) is 12.5. The van der Waals surface area contributed by atoms with Gasteiger partial charge in [-0.3, -0.25) is 0 Å². The van der Waals surface area contributed by atoms with Crippen LogP contribution in [-0.2, 0) is 9.47 Å². The third-order valence-electron chi connectivity index (χ3n) is 4.14. The highest BCUT2D eigenvalue weighted by Crippen LogP contribution is 2.32. The standard InChI is InChI=1S/C20H19ClF2N2O3/c1-20(2)27-11-14(28-20)5-6-26-19-9-13(22)8-18(15(19)10-24)25-17-4-3-12(21)7-16(17)23/h3-4,7-9,14,25H,5-6,11H2,1-2H3. The second kappa shape index (κ2) is 8.31. The van der Waals surface area contributed by atoms with Gasteiger partial charge in [0.25, 0.3) is 0 Å². The maximum Gasteiger partial charge on any atom is 0.163 e. The van der Waals surface area contributed by atoms with E-state index in [-0.39, 0.29) is 40.4 Å². The molecule has 148 valence electrons. The van der Waals surface area contributed by atoms with Crippen molar-refractivity contribution >= 4 is 23.0 Å². The molecule has 0 aliphatic carbocycles. The fourth-order valence-electron chi connectivity index (χ4n) is 2.85. The second-order valence-electron chi connectivity index (χ2n) is 6.78. The highest BCUT2D eigenvalue weighted by atomic mass is 35.5. The van der Waals surface area contributed by atoms with Crippen molar-refractivity contribution < 1.29 is 23.0 Å². The van der Waals surface area contributed by atoms with Crippen molar-refractivity contribution in [2.75, 3.05) is 18.5 Å². The first-order chi connectivity index (χ1) is 13.3. The summed E-state index contributed by atoms with van der Waals surface area (Å²) in [5.74, 6) is -1.81. The zero-order chi connectivity index (χ0) is 20.3. The Morgan fingerprint density at radius 2 is 2.07 bits per heavy atom. The lowest BCUT2D eigenvalue weighted by Crippen LogP contribution is -2.22. The van der Waals surface area contributed by atoms with Gasteiger partial charge < -0.3 is 19.5 Å². The van der Waals surface area contributed by atoms with Crippen LogP contribution in [0.4, 0.5) is 20.2 Å². The van der Waals surface area contributed by atoms with E-state index < -0.39 is 17.4 Å². The van der Waals surface area contributed by atoms with E-state index in [1.807, 2.05) is 19.9 Å². The fraction of sp³-hybridized carbons (Fsp3) is 0.350. The number of halogens is 3. The number of anilines is 2. The Morgan fingerprint density at radius 3 is 2.71 bits per heavy atom. The summed E-state index contributed by atoms with van der Waals surface area (Å²) in [5.41, 5.74) is 0.233. The van der Waals surface area contributed by atoms with Crippen molar-refractivity contribution in [1.82, 2.24) is 0 Å². The zero-order valence-corrected chi connectivity index (χ0v) is 16.1. The largest absolute Gasteiger partial charge is 0.492 e. The van der Waals surface area contributed by atoms with E-state index in [0.29, 0.717) is 13.0 Å². The summed E-state index contributed by atoms with van der Waals surface area (Å²) in [6.07, 6.45) is 0.370. The lowest BCUT2D eigenvalue weighted by molar-refractivity contribution is -0.139. The molecule has 0 amide bonds. The number of nitrogens with zero attached hydrogens (tertiary/aromatic N) is 1. The molecule has 0 radical (unpaired) electrons. The van der Waals surface area contributed by atoms with E-state index in [0.717, 1.165) is 18.2 Å². The number of hydrogen-bond donors (Lipinski definition) is 1. The summed E-state index contributed by atoms with van der Waals surface area (Å²) in [6.45, 7) is 4.29.